The zero-order valence-electron chi connectivity index (χ0n) is 11.4. The van der Waals surface area contributed by atoms with Gasteiger partial charge in [0.2, 0.25) is 0 Å². The van der Waals surface area contributed by atoms with Crippen molar-refractivity contribution in [3.05, 3.63) is 61.9 Å². The van der Waals surface area contributed by atoms with Crippen LogP contribution in [0.5, 0.6) is 0 Å². The van der Waals surface area contributed by atoms with Crippen molar-refractivity contribution in [2.24, 2.45) is 0 Å². The van der Waals surface area contributed by atoms with Crippen molar-refractivity contribution < 1.29 is 9.18 Å². The Kier molecular flexibility index (Phi) is 5.71. The Bertz CT molecular complexity index is 754. The fraction of sp³-hybridized carbons (Fsp3) is 0.0667. The molecule has 0 atom stereocenters. The van der Waals surface area contributed by atoms with Crippen LogP contribution in [0, 0.1) is 16.3 Å². The van der Waals surface area contributed by atoms with Gasteiger partial charge >= 0.3 is 0 Å². The number of amides is 1. The van der Waals surface area contributed by atoms with Crippen molar-refractivity contribution in [3.8, 4) is 0 Å². The molecule has 0 aliphatic rings. The summed E-state index contributed by atoms with van der Waals surface area (Å²) < 4.78 is 14.5. The van der Waals surface area contributed by atoms with E-state index in [1.807, 2.05) is 29.5 Å². The molecule has 2 aromatic rings. The number of benzene rings is 2. The van der Waals surface area contributed by atoms with Crippen molar-refractivity contribution in [1.82, 2.24) is 5.32 Å². The molecule has 0 spiro atoms. The van der Waals surface area contributed by atoms with Crippen LogP contribution in [-0.4, -0.2) is 11.0 Å². The SMILES string of the molecule is Cc1ccc(C(=O)NC(=S)Nc2ccc(I)cc2F)c(Cl)c1. The summed E-state index contributed by atoms with van der Waals surface area (Å²) >= 11 is 13.0. The van der Waals surface area contributed by atoms with E-state index in [4.69, 9.17) is 23.8 Å². The fourth-order valence-electron chi connectivity index (χ4n) is 1.72. The van der Waals surface area contributed by atoms with Gasteiger partial charge < -0.3 is 5.32 Å². The molecule has 0 radical (unpaired) electrons. The van der Waals surface area contributed by atoms with E-state index in [1.165, 1.54) is 6.07 Å². The van der Waals surface area contributed by atoms with Crippen LogP contribution in [0.2, 0.25) is 5.02 Å². The number of halogens is 3. The van der Waals surface area contributed by atoms with E-state index in [9.17, 15) is 9.18 Å². The van der Waals surface area contributed by atoms with Crippen LogP contribution in [0.4, 0.5) is 10.1 Å². The minimum atomic E-state index is -0.451. The minimum absolute atomic E-state index is 0.00162. The molecule has 2 N–H and O–H groups in total. The zero-order chi connectivity index (χ0) is 16.3. The number of thiocarbonyl (C=S) groups is 1. The Morgan fingerprint density at radius 3 is 2.64 bits per heavy atom. The first-order valence-electron chi connectivity index (χ1n) is 6.20. The maximum atomic E-state index is 13.7. The number of nitrogens with one attached hydrogen (secondary N) is 2. The lowest BCUT2D eigenvalue weighted by atomic mass is 10.1. The number of rotatable bonds is 2. The van der Waals surface area contributed by atoms with Crippen molar-refractivity contribution in [2.45, 2.75) is 6.92 Å². The summed E-state index contributed by atoms with van der Waals surface area (Å²) in [5.41, 5.74) is 1.45. The lowest BCUT2D eigenvalue weighted by Crippen LogP contribution is -2.34. The average Bonchev–Trinajstić information content (AvgIpc) is 2.41. The van der Waals surface area contributed by atoms with Crippen LogP contribution in [0.3, 0.4) is 0 Å². The maximum absolute atomic E-state index is 13.7. The number of hydrogen-bond donors (Lipinski definition) is 2. The zero-order valence-corrected chi connectivity index (χ0v) is 15.1. The van der Waals surface area contributed by atoms with Crippen LogP contribution < -0.4 is 10.6 Å². The predicted molar refractivity (Wildman–Crippen MR) is 99.0 cm³/mol. The molecule has 0 saturated heterocycles. The van der Waals surface area contributed by atoms with Crippen LogP contribution >= 0.6 is 46.4 Å². The van der Waals surface area contributed by atoms with Gasteiger partial charge in [-0.2, -0.15) is 0 Å². The molecule has 2 aromatic carbocycles. The summed E-state index contributed by atoms with van der Waals surface area (Å²) in [6.45, 7) is 1.87. The lowest BCUT2D eigenvalue weighted by Gasteiger charge is -2.11. The molecule has 114 valence electrons. The van der Waals surface area contributed by atoms with Gasteiger partial charge in [0.15, 0.2) is 5.11 Å². The molecule has 7 heteroatoms. The summed E-state index contributed by atoms with van der Waals surface area (Å²) in [5.74, 6) is -0.898. The first kappa shape index (κ1) is 17.1. The van der Waals surface area contributed by atoms with Gasteiger partial charge in [0.25, 0.3) is 5.91 Å². The van der Waals surface area contributed by atoms with E-state index in [1.54, 1.807) is 30.3 Å². The van der Waals surface area contributed by atoms with E-state index in [0.717, 1.165) is 9.13 Å². The van der Waals surface area contributed by atoms with E-state index in [0.29, 0.717) is 10.6 Å². The van der Waals surface area contributed by atoms with Gasteiger partial charge in [-0.05, 0) is 77.6 Å². The first-order valence-corrected chi connectivity index (χ1v) is 8.07. The van der Waals surface area contributed by atoms with Gasteiger partial charge in [-0.15, -0.1) is 0 Å². The first-order chi connectivity index (χ1) is 10.4. The van der Waals surface area contributed by atoms with Crippen LogP contribution in [0.15, 0.2) is 36.4 Å². The number of anilines is 1. The standard InChI is InChI=1S/C15H11ClFIN2OS/c1-8-2-4-10(11(16)6-8)14(21)20-15(22)19-13-5-3-9(18)7-12(13)17/h2-7H,1H3,(H2,19,20,21,22). The number of hydrogen-bond acceptors (Lipinski definition) is 2. The predicted octanol–water partition coefficient (Wildman–Crippen LogP) is 4.52. The quantitative estimate of drug-likeness (QED) is 0.524. The molecule has 0 aliphatic carbocycles. The van der Waals surface area contributed by atoms with Gasteiger partial charge in [0, 0.05) is 3.57 Å². The maximum Gasteiger partial charge on any atom is 0.258 e. The van der Waals surface area contributed by atoms with Crippen molar-refractivity contribution >= 4 is 63.1 Å². The van der Waals surface area contributed by atoms with Gasteiger partial charge in [-0.3, -0.25) is 10.1 Å². The highest BCUT2D eigenvalue weighted by atomic mass is 127. The molecule has 0 aromatic heterocycles. The average molecular weight is 449 g/mol. The Labute approximate surface area is 151 Å². The molecule has 2 rings (SSSR count). The topological polar surface area (TPSA) is 41.1 Å². The second-order valence-corrected chi connectivity index (χ2v) is 6.58. The van der Waals surface area contributed by atoms with E-state index in [-0.39, 0.29) is 10.8 Å². The third kappa shape index (κ3) is 4.37. The van der Waals surface area contributed by atoms with E-state index >= 15 is 0 Å². The molecule has 3 nitrogen and oxygen atoms in total. The molecule has 0 bridgehead atoms. The fourth-order valence-corrected chi connectivity index (χ4v) is 2.70. The smallest absolute Gasteiger partial charge is 0.258 e. The molecular formula is C15H11ClFIN2OS. The summed E-state index contributed by atoms with van der Waals surface area (Å²) in [6, 6.07) is 9.72. The Morgan fingerprint density at radius 1 is 1.27 bits per heavy atom. The lowest BCUT2D eigenvalue weighted by molar-refractivity contribution is 0.0978. The number of aryl methyl sites for hydroxylation is 1. The molecule has 1 amide bonds. The molecular weight excluding hydrogens is 438 g/mol. The molecule has 0 heterocycles. The molecule has 22 heavy (non-hydrogen) atoms. The van der Waals surface area contributed by atoms with Crippen molar-refractivity contribution in [3.63, 3.8) is 0 Å². The summed E-state index contributed by atoms with van der Waals surface area (Å²) in [6.07, 6.45) is 0. The van der Waals surface area contributed by atoms with Crippen LogP contribution in [-0.2, 0) is 0 Å². The van der Waals surface area contributed by atoms with Crippen molar-refractivity contribution in [1.29, 1.82) is 0 Å². The summed E-state index contributed by atoms with van der Waals surface area (Å²) in [4.78, 5) is 12.1. The Balaban J connectivity index is 2.06. The van der Waals surface area contributed by atoms with Crippen LogP contribution in [0.1, 0.15) is 15.9 Å². The monoisotopic (exact) mass is 448 g/mol. The number of carbonyl (C=O) groups is 1. The molecule has 0 fully saturated rings. The Hall–Kier alpha value is -1.25. The Morgan fingerprint density at radius 2 is 2.00 bits per heavy atom. The largest absolute Gasteiger partial charge is 0.330 e. The summed E-state index contributed by atoms with van der Waals surface area (Å²) in [7, 11) is 0. The second-order valence-electron chi connectivity index (χ2n) is 4.52. The molecule has 0 unspecified atom stereocenters. The van der Waals surface area contributed by atoms with E-state index < -0.39 is 11.7 Å². The second kappa shape index (κ2) is 7.34. The van der Waals surface area contributed by atoms with Gasteiger partial charge in [-0.25, -0.2) is 4.39 Å². The third-order valence-corrected chi connectivity index (χ3v) is 3.96. The third-order valence-electron chi connectivity index (χ3n) is 2.78. The van der Waals surface area contributed by atoms with Gasteiger partial charge in [0.1, 0.15) is 5.82 Å². The summed E-state index contributed by atoms with van der Waals surface area (Å²) in [5, 5.41) is 5.46. The van der Waals surface area contributed by atoms with E-state index in [2.05, 4.69) is 10.6 Å². The van der Waals surface area contributed by atoms with Crippen molar-refractivity contribution in [2.75, 3.05) is 5.32 Å². The molecule has 0 saturated carbocycles. The highest BCUT2D eigenvalue weighted by Gasteiger charge is 2.13. The van der Waals surface area contributed by atoms with Crippen LogP contribution in [0.25, 0.3) is 0 Å². The van der Waals surface area contributed by atoms with Gasteiger partial charge in [-0.1, -0.05) is 17.7 Å². The minimum Gasteiger partial charge on any atom is -0.330 e. The molecule has 0 aliphatic heterocycles. The normalized spacial score (nSPS) is 10.2. The van der Waals surface area contributed by atoms with Gasteiger partial charge in [0.05, 0.1) is 16.3 Å². The number of carbonyl (C=O) groups excluding carboxylic acids is 1. The highest BCUT2D eigenvalue weighted by molar-refractivity contribution is 14.1. The highest BCUT2D eigenvalue weighted by Crippen LogP contribution is 2.18.